The molecular formula is C10H20N4S. The molecule has 0 radical (unpaired) electrons. The average Bonchev–Trinajstić information content (AvgIpc) is 2.75. The minimum absolute atomic E-state index is 0.531. The van der Waals surface area contributed by atoms with Gasteiger partial charge in [0.15, 0.2) is 0 Å². The van der Waals surface area contributed by atoms with Gasteiger partial charge in [-0.3, -0.25) is 4.68 Å². The first-order valence-corrected chi connectivity index (χ1v) is 6.59. The van der Waals surface area contributed by atoms with Crippen LogP contribution in [0.2, 0.25) is 0 Å². The lowest BCUT2D eigenvalue weighted by Gasteiger charge is -2.16. The van der Waals surface area contributed by atoms with E-state index >= 15 is 0 Å². The Morgan fingerprint density at radius 2 is 2.27 bits per heavy atom. The van der Waals surface area contributed by atoms with Crippen molar-refractivity contribution in [1.82, 2.24) is 20.1 Å². The molecule has 0 aliphatic rings. The highest BCUT2D eigenvalue weighted by Gasteiger charge is 2.04. The second-order valence-electron chi connectivity index (χ2n) is 3.80. The number of hydrogen-bond donors (Lipinski definition) is 1. The summed E-state index contributed by atoms with van der Waals surface area (Å²) in [4.78, 5) is 3.92. The first-order chi connectivity index (χ1) is 7.22. The van der Waals surface area contributed by atoms with Gasteiger partial charge in [0.2, 0.25) is 0 Å². The second-order valence-corrected chi connectivity index (χ2v) is 5.08. The van der Waals surface area contributed by atoms with Gasteiger partial charge in [0.1, 0.15) is 12.7 Å². The normalized spacial score (nSPS) is 15.1. The number of rotatable bonds is 7. The minimum atomic E-state index is 0.531. The summed E-state index contributed by atoms with van der Waals surface area (Å²) in [7, 11) is 0. The SMILES string of the molecule is CSC(C)CNC(C)CCn1cncn1. The number of hydrogen-bond acceptors (Lipinski definition) is 4. The molecule has 1 aromatic heterocycles. The zero-order valence-electron chi connectivity index (χ0n) is 9.68. The Morgan fingerprint density at radius 3 is 2.87 bits per heavy atom. The van der Waals surface area contributed by atoms with E-state index in [1.807, 2.05) is 16.4 Å². The quantitative estimate of drug-likeness (QED) is 0.766. The molecule has 2 atom stereocenters. The maximum Gasteiger partial charge on any atom is 0.137 e. The summed E-state index contributed by atoms with van der Waals surface area (Å²) in [6.07, 6.45) is 6.57. The first-order valence-electron chi connectivity index (χ1n) is 5.31. The Morgan fingerprint density at radius 1 is 1.47 bits per heavy atom. The van der Waals surface area contributed by atoms with E-state index in [1.165, 1.54) is 0 Å². The molecule has 0 saturated heterocycles. The largest absolute Gasteiger partial charge is 0.313 e. The van der Waals surface area contributed by atoms with Gasteiger partial charge in [-0.15, -0.1) is 0 Å². The van der Waals surface area contributed by atoms with Crippen LogP contribution in [-0.2, 0) is 6.54 Å². The van der Waals surface area contributed by atoms with Gasteiger partial charge in [0, 0.05) is 24.4 Å². The van der Waals surface area contributed by atoms with E-state index in [-0.39, 0.29) is 0 Å². The van der Waals surface area contributed by atoms with E-state index in [0.717, 1.165) is 19.5 Å². The molecule has 0 aliphatic heterocycles. The topological polar surface area (TPSA) is 42.7 Å². The molecule has 4 nitrogen and oxygen atoms in total. The van der Waals surface area contributed by atoms with Crippen molar-refractivity contribution in [2.45, 2.75) is 38.1 Å². The predicted octanol–water partition coefficient (Wildman–Crippen LogP) is 1.40. The van der Waals surface area contributed by atoms with E-state index < -0.39 is 0 Å². The molecule has 0 aliphatic carbocycles. The van der Waals surface area contributed by atoms with Crippen molar-refractivity contribution in [3.05, 3.63) is 12.7 Å². The van der Waals surface area contributed by atoms with Crippen LogP contribution in [-0.4, -0.2) is 38.9 Å². The molecule has 0 aromatic carbocycles. The van der Waals surface area contributed by atoms with Crippen LogP contribution < -0.4 is 5.32 Å². The summed E-state index contributed by atoms with van der Waals surface area (Å²) >= 11 is 1.89. The molecule has 1 heterocycles. The minimum Gasteiger partial charge on any atom is -0.313 e. The summed E-state index contributed by atoms with van der Waals surface area (Å²) in [5.41, 5.74) is 0. The summed E-state index contributed by atoms with van der Waals surface area (Å²) in [5, 5.41) is 8.27. The molecule has 2 unspecified atom stereocenters. The summed E-state index contributed by atoms with van der Waals surface area (Å²) in [6.45, 7) is 6.45. The summed E-state index contributed by atoms with van der Waals surface area (Å²) in [6, 6.07) is 0.531. The van der Waals surface area contributed by atoms with Crippen molar-refractivity contribution in [2.75, 3.05) is 12.8 Å². The van der Waals surface area contributed by atoms with Crippen LogP contribution in [0.5, 0.6) is 0 Å². The van der Waals surface area contributed by atoms with E-state index in [2.05, 4.69) is 35.5 Å². The fraction of sp³-hybridized carbons (Fsp3) is 0.800. The predicted molar refractivity (Wildman–Crippen MR) is 65.1 cm³/mol. The van der Waals surface area contributed by atoms with Crippen molar-refractivity contribution in [1.29, 1.82) is 0 Å². The highest BCUT2D eigenvalue weighted by molar-refractivity contribution is 7.99. The molecule has 86 valence electrons. The Kier molecular flexibility index (Phi) is 5.71. The molecular weight excluding hydrogens is 208 g/mol. The molecule has 0 bridgehead atoms. The lowest BCUT2D eigenvalue weighted by molar-refractivity contribution is 0.460. The first kappa shape index (κ1) is 12.5. The van der Waals surface area contributed by atoms with Gasteiger partial charge in [0.25, 0.3) is 0 Å². The Bertz CT molecular complexity index is 250. The molecule has 1 aromatic rings. The van der Waals surface area contributed by atoms with Crippen LogP contribution in [0.4, 0.5) is 0 Å². The lowest BCUT2D eigenvalue weighted by atomic mass is 10.2. The molecule has 0 fully saturated rings. The fourth-order valence-electron chi connectivity index (χ4n) is 1.23. The third-order valence-electron chi connectivity index (χ3n) is 2.41. The Balaban J connectivity index is 2.11. The molecule has 0 spiro atoms. The number of nitrogens with zero attached hydrogens (tertiary/aromatic N) is 3. The number of aryl methyl sites for hydroxylation is 1. The molecule has 1 N–H and O–H groups in total. The van der Waals surface area contributed by atoms with Gasteiger partial charge in [-0.1, -0.05) is 6.92 Å². The average molecular weight is 228 g/mol. The number of thioether (sulfide) groups is 1. The van der Waals surface area contributed by atoms with Gasteiger partial charge in [-0.25, -0.2) is 4.98 Å². The van der Waals surface area contributed by atoms with Gasteiger partial charge >= 0.3 is 0 Å². The zero-order chi connectivity index (χ0) is 11.1. The third kappa shape index (κ3) is 5.18. The second kappa shape index (κ2) is 6.85. The molecule has 0 amide bonds. The monoisotopic (exact) mass is 228 g/mol. The highest BCUT2D eigenvalue weighted by Crippen LogP contribution is 2.03. The number of aromatic nitrogens is 3. The van der Waals surface area contributed by atoms with Crippen LogP contribution in [0.1, 0.15) is 20.3 Å². The van der Waals surface area contributed by atoms with Crippen LogP contribution in [0.3, 0.4) is 0 Å². The third-order valence-corrected chi connectivity index (χ3v) is 3.39. The van der Waals surface area contributed by atoms with E-state index in [0.29, 0.717) is 11.3 Å². The van der Waals surface area contributed by atoms with Crippen molar-refractivity contribution in [3.8, 4) is 0 Å². The Labute approximate surface area is 95.9 Å². The fourth-order valence-corrected chi connectivity index (χ4v) is 1.49. The van der Waals surface area contributed by atoms with Crippen LogP contribution in [0.15, 0.2) is 12.7 Å². The number of nitrogens with one attached hydrogen (secondary N) is 1. The zero-order valence-corrected chi connectivity index (χ0v) is 10.5. The van der Waals surface area contributed by atoms with Gasteiger partial charge in [0.05, 0.1) is 0 Å². The maximum atomic E-state index is 4.07. The van der Waals surface area contributed by atoms with Gasteiger partial charge < -0.3 is 5.32 Å². The smallest absolute Gasteiger partial charge is 0.137 e. The Hall–Kier alpha value is -0.550. The maximum absolute atomic E-state index is 4.07. The summed E-state index contributed by atoms with van der Waals surface area (Å²) < 4.78 is 1.87. The van der Waals surface area contributed by atoms with Crippen LogP contribution in [0.25, 0.3) is 0 Å². The molecule has 1 rings (SSSR count). The standard InChI is InChI=1S/C10H20N4S/c1-9(12-6-10(2)15-3)4-5-14-8-11-7-13-14/h7-10,12H,4-6H2,1-3H3. The van der Waals surface area contributed by atoms with Crippen molar-refractivity contribution in [2.24, 2.45) is 0 Å². The van der Waals surface area contributed by atoms with Crippen LogP contribution >= 0.6 is 11.8 Å². The highest BCUT2D eigenvalue weighted by atomic mass is 32.2. The van der Waals surface area contributed by atoms with Gasteiger partial charge in [-0.2, -0.15) is 16.9 Å². The van der Waals surface area contributed by atoms with Gasteiger partial charge in [-0.05, 0) is 19.6 Å². The van der Waals surface area contributed by atoms with Crippen LogP contribution in [0, 0.1) is 0 Å². The molecule has 0 saturated carbocycles. The van der Waals surface area contributed by atoms with E-state index in [1.54, 1.807) is 12.7 Å². The van der Waals surface area contributed by atoms with Crippen molar-refractivity contribution in [3.63, 3.8) is 0 Å². The van der Waals surface area contributed by atoms with E-state index in [9.17, 15) is 0 Å². The summed E-state index contributed by atoms with van der Waals surface area (Å²) in [5.74, 6) is 0. The van der Waals surface area contributed by atoms with Crippen molar-refractivity contribution < 1.29 is 0 Å². The molecule has 5 heteroatoms. The van der Waals surface area contributed by atoms with Crippen molar-refractivity contribution >= 4 is 11.8 Å². The van der Waals surface area contributed by atoms with E-state index in [4.69, 9.17) is 0 Å². The molecule has 15 heavy (non-hydrogen) atoms. The lowest BCUT2D eigenvalue weighted by Crippen LogP contribution is -2.32.